The predicted octanol–water partition coefficient (Wildman–Crippen LogP) is 5.26. The van der Waals surface area contributed by atoms with E-state index in [-0.39, 0.29) is 10.9 Å². The minimum absolute atomic E-state index is 0.187. The highest BCUT2D eigenvalue weighted by atomic mass is 79.9. The molecule has 1 aliphatic heterocycles. The summed E-state index contributed by atoms with van der Waals surface area (Å²) in [6.07, 6.45) is 1.16. The maximum Gasteiger partial charge on any atom is 0.123 e. The lowest BCUT2D eigenvalue weighted by molar-refractivity contribution is 0.233. The molecule has 1 aliphatic rings. The molecule has 1 nitrogen and oxygen atoms in total. The first-order chi connectivity index (χ1) is 8.65. The molecule has 0 amide bonds. The lowest BCUT2D eigenvalue weighted by atomic mass is 10.1. The van der Waals surface area contributed by atoms with Gasteiger partial charge in [0.2, 0.25) is 0 Å². The van der Waals surface area contributed by atoms with Crippen LogP contribution in [-0.4, -0.2) is 6.10 Å². The summed E-state index contributed by atoms with van der Waals surface area (Å²) in [5.74, 6) is 1.03. The van der Waals surface area contributed by atoms with Crippen LogP contribution in [0.2, 0.25) is 0 Å². The largest absolute Gasteiger partial charge is 0.488 e. The van der Waals surface area contributed by atoms with Gasteiger partial charge >= 0.3 is 0 Å². The van der Waals surface area contributed by atoms with Crippen molar-refractivity contribution >= 4 is 43.2 Å². The molecule has 0 spiro atoms. The van der Waals surface area contributed by atoms with Crippen molar-refractivity contribution in [2.75, 3.05) is 0 Å². The Labute approximate surface area is 127 Å². The highest BCUT2D eigenvalue weighted by molar-refractivity contribution is 9.11. The third-order valence-electron chi connectivity index (χ3n) is 3.15. The molecule has 0 aliphatic carbocycles. The smallest absolute Gasteiger partial charge is 0.123 e. The van der Waals surface area contributed by atoms with Gasteiger partial charge in [0.25, 0.3) is 0 Å². The number of hydrogen-bond acceptors (Lipinski definition) is 2. The Morgan fingerprint density at radius 3 is 2.83 bits per heavy atom. The van der Waals surface area contributed by atoms with Crippen LogP contribution < -0.4 is 4.74 Å². The molecular weight excluding hydrogens is 376 g/mol. The number of halogens is 2. The van der Waals surface area contributed by atoms with Gasteiger partial charge < -0.3 is 4.74 Å². The number of hydrogen-bond donors (Lipinski definition) is 0. The summed E-state index contributed by atoms with van der Waals surface area (Å²) in [5.41, 5.74) is 2.59. The Morgan fingerprint density at radius 2 is 2.17 bits per heavy atom. The van der Waals surface area contributed by atoms with E-state index in [0.717, 1.165) is 12.2 Å². The molecule has 1 aromatic heterocycles. The SMILES string of the molecule is Cc1cc(C(Br)C2Cc3ccccc3O2)sc1Br. The number of rotatable bonds is 2. The van der Waals surface area contributed by atoms with Gasteiger partial charge in [0.1, 0.15) is 11.9 Å². The lowest BCUT2D eigenvalue weighted by Gasteiger charge is -2.16. The van der Waals surface area contributed by atoms with Crippen molar-refractivity contribution in [1.29, 1.82) is 0 Å². The molecule has 0 N–H and O–H groups in total. The van der Waals surface area contributed by atoms with Crippen LogP contribution in [0.5, 0.6) is 5.75 Å². The number of alkyl halides is 1. The van der Waals surface area contributed by atoms with Crippen LogP contribution in [0.25, 0.3) is 0 Å². The Kier molecular flexibility index (Phi) is 3.52. The molecule has 4 heteroatoms. The molecule has 2 aromatic rings. The molecular formula is C14H12Br2OS. The van der Waals surface area contributed by atoms with E-state index in [1.54, 1.807) is 11.3 Å². The molecule has 0 fully saturated rings. The standard InChI is InChI=1S/C14H12Br2OS/c1-8-6-12(18-14(8)16)13(15)11-7-9-4-2-3-5-10(9)17-11/h2-6,11,13H,7H2,1H3. The zero-order chi connectivity index (χ0) is 12.7. The number of benzene rings is 1. The molecule has 94 valence electrons. The van der Waals surface area contributed by atoms with Crippen LogP contribution in [0.4, 0.5) is 0 Å². The van der Waals surface area contributed by atoms with Gasteiger partial charge in [0, 0.05) is 11.3 Å². The quantitative estimate of drug-likeness (QED) is 0.638. The summed E-state index contributed by atoms with van der Waals surface area (Å²) in [5, 5.41) is 0. The third kappa shape index (κ3) is 2.26. The first-order valence-electron chi connectivity index (χ1n) is 5.79. The Morgan fingerprint density at radius 1 is 1.39 bits per heavy atom. The molecule has 3 rings (SSSR count). The van der Waals surface area contributed by atoms with Crippen molar-refractivity contribution in [3.63, 3.8) is 0 Å². The monoisotopic (exact) mass is 386 g/mol. The lowest BCUT2D eigenvalue weighted by Crippen LogP contribution is -2.18. The van der Waals surface area contributed by atoms with E-state index in [4.69, 9.17) is 4.74 Å². The summed E-state index contributed by atoms with van der Waals surface area (Å²) in [6, 6.07) is 10.5. The molecule has 0 bridgehead atoms. The Hall–Kier alpha value is -0.320. The number of fused-ring (bicyclic) bond motifs is 1. The summed E-state index contributed by atoms with van der Waals surface area (Å²) in [4.78, 5) is 1.57. The normalized spacial score (nSPS) is 19.4. The maximum atomic E-state index is 6.02. The average molecular weight is 388 g/mol. The van der Waals surface area contributed by atoms with Gasteiger partial charge in [-0.3, -0.25) is 0 Å². The second-order valence-electron chi connectivity index (χ2n) is 4.48. The molecule has 2 atom stereocenters. The van der Waals surface area contributed by atoms with Crippen LogP contribution in [-0.2, 0) is 6.42 Å². The Bertz CT molecular complexity index is 534. The van der Waals surface area contributed by atoms with E-state index in [1.165, 1.54) is 19.8 Å². The van der Waals surface area contributed by atoms with Crippen molar-refractivity contribution in [3.8, 4) is 5.75 Å². The van der Waals surface area contributed by atoms with E-state index < -0.39 is 0 Å². The second-order valence-corrected chi connectivity index (χ2v) is 7.86. The fourth-order valence-electron chi connectivity index (χ4n) is 2.17. The number of para-hydroxylation sites is 1. The van der Waals surface area contributed by atoms with Crippen LogP contribution in [0.3, 0.4) is 0 Å². The molecule has 2 unspecified atom stereocenters. The van der Waals surface area contributed by atoms with E-state index in [9.17, 15) is 0 Å². The third-order valence-corrected chi connectivity index (χ3v) is 6.75. The maximum absolute atomic E-state index is 6.02. The van der Waals surface area contributed by atoms with E-state index >= 15 is 0 Å². The fourth-order valence-corrected chi connectivity index (χ4v) is 4.48. The van der Waals surface area contributed by atoms with Crippen molar-refractivity contribution in [3.05, 3.63) is 50.1 Å². The average Bonchev–Trinajstić information content (AvgIpc) is 2.93. The first-order valence-corrected chi connectivity index (χ1v) is 8.32. The molecule has 0 saturated carbocycles. The van der Waals surface area contributed by atoms with Crippen LogP contribution in [0.1, 0.15) is 20.8 Å². The van der Waals surface area contributed by atoms with E-state index in [2.05, 4.69) is 57.0 Å². The highest BCUT2D eigenvalue weighted by Gasteiger charge is 2.30. The topological polar surface area (TPSA) is 9.23 Å². The summed E-state index contributed by atoms with van der Waals surface area (Å²) >= 11 is 9.14. The highest BCUT2D eigenvalue weighted by Crippen LogP contribution is 2.42. The fraction of sp³-hybridized carbons (Fsp3) is 0.286. The molecule has 18 heavy (non-hydrogen) atoms. The van der Waals surface area contributed by atoms with Gasteiger partial charge in [0.05, 0.1) is 8.61 Å². The minimum atomic E-state index is 0.187. The first kappa shape index (κ1) is 12.7. The van der Waals surface area contributed by atoms with Crippen LogP contribution in [0.15, 0.2) is 34.1 Å². The summed E-state index contributed by atoms with van der Waals surface area (Å²) < 4.78 is 7.22. The van der Waals surface area contributed by atoms with E-state index in [1.807, 2.05) is 12.1 Å². The van der Waals surface area contributed by atoms with Gasteiger partial charge in [-0.2, -0.15) is 0 Å². The predicted molar refractivity (Wildman–Crippen MR) is 83.0 cm³/mol. The molecule has 2 heterocycles. The zero-order valence-electron chi connectivity index (χ0n) is 9.82. The summed E-state index contributed by atoms with van der Waals surface area (Å²) in [6.45, 7) is 2.12. The number of aryl methyl sites for hydroxylation is 1. The van der Waals surface area contributed by atoms with Gasteiger partial charge in [0.15, 0.2) is 0 Å². The number of thiophene rings is 1. The minimum Gasteiger partial charge on any atom is -0.488 e. The molecule has 0 radical (unpaired) electrons. The number of ether oxygens (including phenoxy) is 1. The zero-order valence-corrected chi connectivity index (χ0v) is 13.8. The molecule has 0 saturated heterocycles. The van der Waals surface area contributed by atoms with Crippen LogP contribution in [0, 0.1) is 6.92 Å². The van der Waals surface area contributed by atoms with Gasteiger partial charge in [-0.05, 0) is 46.1 Å². The van der Waals surface area contributed by atoms with E-state index in [0.29, 0.717) is 0 Å². The van der Waals surface area contributed by atoms with Crippen LogP contribution >= 0.6 is 43.2 Å². The van der Waals surface area contributed by atoms with Crippen molar-refractivity contribution in [1.82, 2.24) is 0 Å². The summed E-state index contributed by atoms with van der Waals surface area (Å²) in [7, 11) is 0. The van der Waals surface area contributed by atoms with Gasteiger partial charge in [-0.25, -0.2) is 0 Å². The second kappa shape index (κ2) is 4.99. The Balaban J connectivity index is 1.82. The molecule has 1 aromatic carbocycles. The van der Waals surface area contributed by atoms with Gasteiger partial charge in [-0.15, -0.1) is 11.3 Å². The van der Waals surface area contributed by atoms with Crippen molar-refractivity contribution in [2.45, 2.75) is 24.3 Å². The van der Waals surface area contributed by atoms with Crippen molar-refractivity contribution < 1.29 is 4.74 Å². The van der Waals surface area contributed by atoms with Gasteiger partial charge in [-0.1, -0.05) is 34.1 Å². The van der Waals surface area contributed by atoms with Crippen molar-refractivity contribution in [2.24, 2.45) is 0 Å².